The Morgan fingerprint density at radius 3 is 2.76 bits per heavy atom. The van der Waals surface area contributed by atoms with Crippen LogP contribution in [0, 0.1) is 0 Å². The van der Waals surface area contributed by atoms with E-state index in [-0.39, 0.29) is 0 Å². The second kappa shape index (κ2) is 5.55. The molecule has 0 heterocycles. The summed E-state index contributed by atoms with van der Waals surface area (Å²) in [5, 5.41) is 5.38. The van der Waals surface area contributed by atoms with E-state index in [1.807, 2.05) is 30.3 Å². The molecule has 0 aliphatic heterocycles. The number of fused-ring (bicyclic) bond motifs is 1. The Hall–Kier alpha value is -1.74. The van der Waals surface area contributed by atoms with Crippen molar-refractivity contribution >= 4 is 34.0 Å². The molecule has 3 N–H and O–H groups in total. The highest BCUT2D eigenvalue weighted by molar-refractivity contribution is 6.18. The van der Waals surface area contributed by atoms with Crippen LogP contribution in [0.25, 0.3) is 10.8 Å². The van der Waals surface area contributed by atoms with Crippen molar-refractivity contribution in [3.05, 3.63) is 42.5 Å². The molecule has 0 amide bonds. The van der Waals surface area contributed by atoms with Gasteiger partial charge in [-0.1, -0.05) is 36.4 Å². The number of guanidine groups is 1. The number of anilines is 1. The van der Waals surface area contributed by atoms with Crippen LogP contribution in [0.1, 0.15) is 0 Å². The summed E-state index contributed by atoms with van der Waals surface area (Å²) < 4.78 is 0. The number of rotatable bonds is 3. The van der Waals surface area contributed by atoms with Crippen LogP contribution in [0.4, 0.5) is 5.69 Å². The molecule has 88 valence electrons. The van der Waals surface area contributed by atoms with Gasteiger partial charge in [0.25, 0.3) is 0 Å². The SMILES string of the molecule is NC(=NCCCl)Nc1cccc2ccccc12. The zero-order chi connectivity index (χ0) is 12.1. The fourth-order valence-corrected chi connectivity index (χ4v) is 1.76. The highest BCUT2D eigenvalue weighted by Crippen LogP contribution is 2.22. The maximum Gasteiger partial charge on any atom is 0.193 e. The average molecular weight is 248 g/mol. The molecule has 2 aromatic carbocycles. The quantitative estimate of drug-likeness (QED) is 0.498. The average Bonchev–Trinajstić information content (AvgIpc) is 2.37. The number of benzene rings is 2. The molecule has 17 heavy (non-hydrogen) atoms. The zero-order valence-electron chi connectivity index (χ0n) is 9.36. The first kappa shape index (κ1) is 11.7. The van der Waals surface area contributed by atoms with Crippen molar-refractivity contribution in [1.82, 2.24) is 0 Å². The third kappa shape index (κ3) is 2.88. The molecule has 0 unspecified atom stereocenters. The molecule has 0 fully saturated rings. The van der Waals surface area contributed by atoms with Gasteiger partial charge in [-0.3, -0.25) is 4.99 Å². The fourth-order valence-electron chi connectivity index (χ4n) is 1.67. The van der Waals surface area contributed by atoms with Crippen LogP contribution in [0.5, 0.6) is 0 Å². The monoisotopic (exact) mass is 247 g/mol. The van der Waals surface area contributed by atoms with Crippen LogP contribution < -0.4 is 11.1 Å². The molecule has 0 aliphatic carbocycles. The Bertz CT molecular complexity index is 532. The molecule has 4 heteroatoms. The van der Waals surface area contributed by atoms with Crippen molar-refractivity contribution in [2.75, 3.05) is 17.7 Å². The first-order valence-electron chi connectivity index (χ1n) is 5.42. The van der Waals surface area contributed by atoms with Crippen LogP contribution in [-0.4, -0.2) is 18.4 Å². The minimum Gasteiger partial charge on any atom is -0.370 e. The minimum absolute atomic E-state index is 0.391. The Kier molecular flexibility index (Phi) is 3.83. The first-order valence-corrected chi connectivity index (χ1v) is 5.95. The summed E-state index contributed by atoms with van der Waals surface area (Å²) in [4.78, 5) is 4.10. The van der Waals surface area contributed by atoms with E-state index in [1.165, 1.54) is 5.39 Å². The van der Waals surface area contributed by atoms with Crippen molar-refractivity contribution in [3.63, 3.8) is 0 Å². The van der Waals surface area contributed by atoms with Gasteiger partial charge in [-0.2, -0.15) is 0 Å². The Morgan fingerprint density at radius 1 is 1.18 bits per heavy atom. The topological polar surface area (TPSA) is 50.4 Å². The molecule has 2 rings (SSSR count). The first-order chi connectivity index (χ1) is 8.31. The smallest absolute Gasteiger partial charge is 0.193 e. The van der Waals surface area contributed by atoms with Crippen LogP contribution in [0.2, 0.25) is 0 Å². The number of halogens is 1. The highest BCUT2D eigenvalue weighted by Gasteiger charge is 2.00. The van der Waals surface area contributed by atoms with Crippen LogP contribution in [0.15, 0.2) is 47.5 Å². The second-order valence-electron chi connectivity index (χ2n) is 3.61. The number of hydrogen-bond acceptors (Lipinski definition) is 1. The molecule has 0 aliphatic rings. The van der Waals surface area contributed by atoms with E-state index in [4.69, 9.17) is 17.3 Å². The lowest BCUT2D eigenvalue weighted by molar-refractivity contribution is 1.13. The van der Waals surface area contributed by atoms with Gasteiger partial charge >= 0.3 is 0 Å². The normalized spacial score (nSPS) is 11.7. The second-order valence-corrected chi connectivity index (χ2v) is 3.99. The molecule has 0 saturated carbocycles. The third-order valence-electron chi connectivity index (χ3n) is 2.42. The van der Waals surface area contributed by atoms with Gasteiger partial charge in [0.05, 0.1) is 6.54 Å². The number of alkyl halides is 1. The van der Waals surface area contributed by atoms with Gasteiger partial charge in [0.2, 0.25) is 0 Å². The molecular weight excluding hydrogens is 234 g/mol. The van der Waals surface area contributed by atoms with Crippen molar-refractivity contribution in [1.29, 1.82) is 0 Å². The Labute approximate surface area is 105 Å². The van der Waals surface area contributed by atoms with Crippen molar-refractivity contribution in [2.45, 2.75) is 0 Å². The van der Waals surface area contributed by atoms with E-state index < -0.39 is 0 Å². The zero-order valence-corrected chi connectivity index (χ0v) is 10.1. The largest absolute Gasteiger partial charge is 0.370 e. The molecule has 0 aromatic heterocycles. The lowest BCUT2D eigenvalue weighted by Gasteiger charge is -2.08. The van der Waals surface area contributed by atoms with E-state index in [9.17, 15) is 0 Å². The van der Waals surface area contributed by atoms with Gasteiger partial charge in [0.15, 0.2) is 5.96 Å². The van der Waals surface area contributed by atoms with Crippen LogP contribution in [0.3, 0.4) is 0 Å². The van der Waals surface area contributed by atoms with Crippen LogP contribution >= 0.6 is 11.6 Å². The summed E-state index contributed by atoms with van der Waals surface area (Å²) in [5.74, 6) is 0.861. The number of aliphatic imine (C=N–C) groups is 1. The van der Waals surface area contributed by atoms with Gasteiger partial charge in [0.1, 0.15) is 0 Å². The molecule has 3 nitrogen and oxygen atoms in total. The number of nitrogens with zero attached hydrogens (tertiary/aromatic N) is 1. The van der Waals surface area contributed by atoms with Gasteiger partial charge in [-0.25, -0.2) is 0 Å². The summed E-state index contributed by atoms with van der Waals surface area (Å²) in [5.41, 5.74) is 6.72. The van der Waals surface area contributed by atoms with Gasteiger partial charge in [-0.15, -0.1) is 11.6 Å². The molecule has 2 aromatic rings. The third-order valence-corrected chi connectivity index (χ3v) is 2.59. The molecule has 0 spiro atoms. The van der Waals surface area contributed by atoms with E-state index in [2.05, 4.69) is 22.4 Å². The summed E-state index contributed by atoms with van der Waals surface area (Å²) >= 11 is 5.55. The maximum atomic E-state index is 5.76. The fraction of sp³-hybridized carbons (Fsp3) is 0.154. The summed E-state index contributed by atoms with van der Waals surface area (Å²) in [6, 6.07) is 14.1. The minimum atomic E-state index is 0.391. The molecule has 0 saturated heterocycles. The molecule has 0 bridgehead atoms. The van der Waals surface area contributed by atoms with E-state index in [0.717, 1.165) is 11.1 Å². The number of nitrogens with two attached hydrogens (primary N) is 1. The van der Waals surface area contributed by atoms with Crippen molar-refractivity contribution in [2.24, 2.45) is 10.7 Å². The Balaban J connectivity index is 2.30. The highest BCUT2D eigenvalue weighted by atomic mass is 35.5. The Morgan fingerprint density at radius 2 is 1.94 bits per heavy atom. The van der Waals surface area contributed by atoms with E-state index in [0.29, 0.717) is 18.4 Å². The summed E-state index contributed by atoms with van der Waals surface area (Å²) in [6.07, 6.45) is 0. The van der Waals surface area contributed by atoms with Crippen LogP contribution in [-0.2, 0) is 0 Å². The van der Waals surface area contributed by atoms with Gasteiger partial charge in [-0.05, 0) is 11.5 Å². The van der Waals surface area contributed by atoms with E-state index in [1.54, 1.807) is 0 Å². The summed E-state index contributed by atoms with van der Waals surface area (Å²) in [7, 11) is 0. The van der Waals surface area contributed by atoms with Gasteiger partial charge in [0, 0.05) is 17.0 Å². The predicted molar refractivity (Wildman–Crippen MR) is 74.8 cm³/mol. The number of hydrogen-bond donors (Lipinski definition) is 2. The summed E-state index contributed by atoms with van der Waals surface area (Å²) in [6.45, 7) is 0.519. The lowest BCUT2D eigenvalue weighted by Crippen LogP contribution is -2.23. The maximum absolute atomic E-state index is 5.76. The lowest BCUT2D eigenvalue weighted by atomic mass is 10.1. The standard InChI is InChI=1S/C13H14ClN3/c14-8-9-16-13(15)17-12-7-3-5-10-4-1-2-6-11(10)12/h1-7H,8-9H2,(H3,15,16,17). The van der Waals surface area contributed by atoms with Gasteiger partial charge < -0.3 is 11.1 Å². The number of nitrogens with one attached hydrogen (secondary N) is 1. The molecule has 0 atom stereocenters. The van der Waals surface area contributed by atoms with Crippen molar-refractivity contribution < 1.29 is 0 Å². The molecule has 0 radical (unpaired) electrons. The predicted octanol–water partition coefficient (Wildman–Crippen LogP) is 2.81. The molecular formula is C13H14ClN3. The van der Waals surface area contributed by atoms with Crippen molar-refractivity contribution in [3.8, 4) is 0 Å². The van der Waals surface area contributed by atoms with E-state index >= 15 is 0 Å².